The predicted molar refractivity (Wildman–Crippen MR) is 62.8 cm³/mol. The minimum Gasteiger partial charge on any atom is -0.346 e. The molecule has 0 aliphatic heterocycles. The highest BCUT2D eigenvalue weighted by Gasteiger charge is 2.37. The molecule has 3 nitrogen and oxygen atoms in total. The van der Waals surface area contributed by atoms with E-state index in [-0.39, 0.29) is 19.3 Å². The van der Waals surface area contributed by atoms with Crippen LogP contribution in [0.1, 0.15) is 29.8 Å². The van der Waals surface area contributed by atoms with E-state index in [4.69, 9.17) is 9.47 Å². The van der Waals surface area contributed by atoms with Gasteiger partial charge in [-0.2, -0.15) is 13.2 Å². The molecule has 0 aliphatic carbocycles. The summed E-state index contributed by atoms with van der Waals surface area (Å²) in [5.74, 6) is -2.06. The lowest BCUT2D eigenvalue weighted by Crippen LogP contribution is -2.29. The Morgan fingerprint density at radius 2 is 1.75 bits per heavy atom. The Hall–Kier alpha value is -1.47. The molecule has 0 heterocycles. The summed E-state index contributed by atoms with van der Waals surface area (Å²) in [6.07, 6.45) is -6.27. The average Bonchev–Trinajstić information content (AvgIpc) is 2.36. The van der Waals surface area contributed by atoms with Gasteiger partial charge in [-0.15, -0.1) is 0 Å². The molecular weight excluding hydrogens is 280 g/mol. The molecule has 0 spiro atoms. The van der Waals surface area contributed by atoms with Gasteiger partial charge in [-0.05, 0) is 32.0 Å². The number of carbonyl (C=O) groups excluding carboxylic acids is 1. The summed E-state index contributed by atoms with van der Waals surface area (Å²) in [4.78, 5) is 12.0. The van der Waals surface area contributed by atoms with Crippen LogP contribution in [-0.2, 0) is 15.7 Å². The summed E-state index contributed by atoms with van der Waals surface area (Å²) in [7, 11) is 0. The van der Waals surface area contributed by atoms with Gasteiger partial charge in [0.2, 0.25) is 12.1 Å². The van der Waals surface area contributed by atoms with Crippen LogP contribution in [-0.4, -0.2) is 25.3 Å². The summed E-state index contributed by atoms with van der Waals surface area (Å²) in [5, 5.41) is 0. The van der Waals surface area contributed by atoms with Crippen LogP contribution in [0.25, 0.3) is 0 Å². The number of carbonyl (C=O) groups is 1. The molecule has 20 heavy (non-hydrogen) atoms. The molecule has 0 N–H and O–H groups in total. The van der Waals surface area contributed by atoms with Gasteiger partial charge in [-0.25, -0.2) is 4.39 Å². The van der Waals surface area contributed by atoms with Crippen molar-refractivity contribution in [2.24, 2.45) is 0 Å². The number of rotatable bonds is 6. The van der Waals surface area contributed by atoms with E-state index in [9.17, 15) is 22.4 Å². The second-order valence-corrected chi connectivity index (χ2v) is 3.79. The first-order valence-corrected chi connectivity index (χ1v) is 5.95. The molecule has 7 heteroatoms. The molecule has 1 rings (SSSR count). The van der Waals surface area contributed by atoms with E-state index in [2.05, 4.69) is 0 Å². The van der Waals surface area contributed by atoms with Crippen molar-refractivity contribution in [2.45, 2.75) is 26.3 Å². The Morgan fingerprint density at radius 1 is 1.20 bits per heavy atom. The molecule has 0 bridgehead atoms. The highest BCUT2D eigenvalue weighted by Crippen LogP contribution is 2.33. The third-order valence-electron chi connectivity index (χ3n) is 2.40. The third kappa shape index (κ3) is 4.01. The first-order valence-electron chi connectivity index (χ1n) is 5.95. The van der Waals surface area contributed by atoms with Gasteiger partial charge in [0, 0.05) is 18.8 Å². The number of benzene rings is 1. The van der Waals surface area contributed by atoms with E-state index in [1.165, 1.54) is 0 Å². The molecule has 0 aromatic heterocycles. The minimum absolute atomic E-state index is 0.0962. The highest BCUT2D eigenvalue weighted by atomic mass is 19.4. The summed E-state index contributed by atoms with van der Waals surface area (Å²) >= 11 is 0. The van der Waals surface area contributed by atoms with Gasteiger partial charge in [0.15, 0.2) is 0 Å². The number of alkyl halides is 3. The first kappa shape index (κ1) is 16.6. The van der Waals surface area contributed by atoms with E-state index in [0.717, 1.165) is 12.1 Å². The lowest BCUT2D eigenvalue weighted by atomic mass is 10.0. The molecule has 0 unspecified atom stereocenters. The number of ketones is 1. The highest BCUT2D eigenvalue weighted by molar-refractivity contribution is 6.00. The van der Waals surface area contributed by atoms with Gasteiger partial charge >= 0.3 is 6.18 Å². The molecule has 1 aromatic rings. The fourth-order valence-electron chi connectivity index (χ4n) is 1.60. The largest absolute Gasteiger partial charge is 0.417 e. The molecule has 0 saturated carbocycles. The number of ether oxygens (including phenoxy) is 2. The van der Waals surface area contributed by atoms with Crippen LogP contribution in [0.4, 0.5) is 17.6 Å². The molecule has 0 radical (unpaired) electrons. The average molecular weight is 294 g/mol. The molecule has 0 fully saturated rings. The van der Waals surface area contributed by atoms with Crippen LogP contribution in [0.3, 0.4) is 0 Å². The van der Waals surface area contributed by atoms with Crippen molar-refractivity contribution in [2.75, 3.05) is 13.2 Å². The Balaban J connectivity index is 3.20. The molecule has 0 saturated heterocycles. The van der Waals surface area contributed by atoms with Crippen molar-refractivity contribution in [3.8, 4) is 0 Å². The molecule has 0 aliphatic rings. The number of Topliss-reactive ketones (excluding diaryl/α,β-unsaturated/α-hetero) is 1. The van der Waals surface area contributed by atoms with E-state index >= 15 is 0 Å². The van der Waals surface area contributed by atoms with E-state index in [1.807, 2.05) is 0 Å². The third-order valence-corrected chi connectivity index (χ3v) is 2.40. The van der Waals surface area contributed by atoms with Gasteiger partial charge in [0.05, 0.1) is 5.56 Å². The van der Waals surface area contributed by atoms with Crippen molar-refractivity contribution in [3.63, 3.8) is 0 Å². The minimum atomic E-state index is -4.84. The number of halogens is 4. The Labute approximate surface area is 113 Å². The number of hydrogen-bond acceptors (Lipinski definition) is 3. The Morgan fingerprint density at radius 3 is 2.20 bits per heavy atom. The predicted octanol–water partition coefficient (Wildman–Crippen LogP) is 3.43. The fraction of sp³-hybridized carbons (Fsp3) is 0.462. The van der Waals surface area contributed by atoms with Crippen LogP contribution in [0.2, 0.25) is 0 Å². The van der Waals surface area contributed by atoms with E-state index in [0.29, 0.717) is 0 Å². The second-order valence-electron chi connectivity index (χ2n) is 3.79. The quantitative estimate of drug-likeness (QED) is 0.458. The summed E-state index contributed by atoms with van der Waals surface area (Å²) in [6.45, 7) is 3.35. The standard InChI is InChI=1S/C13H14F4O3/c1-3-19-12(20-4-2)11(18)9-6-5-8(14)7-10(9)13(15,16)17/h5-7,12H,3-4H2,1-2H3. The van der Waals surface area contributed by atoms with E-state index < -0.39 is 35.2 Å². The van der Waals surface area contributed by atoms with Crippen LogP contribution in [0, 0.1) is 5.82 Å². The maximum Gasteiger partial charge on any atom is 0.417 e. The molecule has 1 aromatic carbocycles. The van der Waals surface area contributed by atoms with Crippen LogP contribution >= 0.6 is 0 Å². The zero-order chi connectivity index (χ0) is 15.3. The molecular formula is C13H14F4O3. The summed E-state index contributed by atoms with van der Waals surface area (Å²) < 4.78 is 61.4. The monoisotopic (exact) mass is 294 g/mol. The fourth-order valence-corrected chi connectivity index (χ4v) is 1.60. The summed E-state index contributed by atoms with van der Waals surface area (Å²) in [6, 6.07) is 1.85. The normalized spacial score (nSPS) is 11.9. The number of hydrogen-bond donors (Lipinski definition) is 0. The van der Waals surface area contributed by atoms with Crippen LogP contribution in [0.5, 0.6) is 0 Å². The van der Waals surface area contributed by atoms with Gasteiger partial charge in [-0.3, -0.25) is 4.79 Å². The van der Waals surface area contributed by atoms with Crippen molar-refractivity contribution >= 4 is 5.78 Å². The second kappa shape index (κ2) is 6.81. The Bertz CT molecular complexity index is 465. The lowest BCUT2D eigenvalue weighted by molar-refractivity contribution is -0.138. The van der Waals surface area contributed by atoms with Crippen molar-refractivity contribution in [3.05, 3.63) is 35.1 Å². The lowest BCUT2D eigenvalue weighted by Gasteiger charge is -2.18. The van der Waals surface area contributed by atoms with Crippen LogP contribution in [0.15, 0.2) is 18.2 Å². The first-order chi connectivity index (χ1) is 9.31. The Kier molecular flexibility index (Phi) is 5.64. The van der Waals surface area contributed by atoms with Crippen molar-refractivity contribution in [1.29, 1.82) is 0 Å². The maximum atomic E-state index is 13.0. The van der Waals surface area contributed by atoms with Gasteiger partial charge in [0.1, 0.15) is 5.82 Å². The zero-order valence-corrected chi connectivity index (χ0v) is 11.0. The van der Waals surface area contributed by atoms with Crippen molar-refractivity contribution < 1.29 is 31.8 Å². The van der Waals surface area contributed by atoms with E-state index in [1.54, 1.807) is 13.8 Å². The maximum absolute atomic E-state index is 13.0. The topological polar surface area (TPSA) is 35.5 Å². The summed E-state index contributed by atoms with van der Waals surface area (Å²) in [5.41, 5.74) is -2.02. The van der Waals surface area contributed by atoms with Crippen molar-refractivity contribution in [1.82, 2.24) is 0 Å². The van der Waals surface area contributed by atoms with Gasteiger partial charge in [0.25, 0.3) is 0 Å². The zero-order valence-electron chi connectivity index (χ0n) is 11.0. The van der Waals surface area contributed by atoms with Gasteiger partial charge in [-0.1, -0.05) is 0 Å². The molecule has 112 valence electrons. The smallest absolute Gasteiger partial charge is 0.346 e. The van der Waals surface area contributed by atoms with Crippen LogP contribution < -0.4 is 0 Å². The molecule has 0 amide bonds. The molecule has 0 atom stereocenters. The SMILES string of the molecule is CCOC(OCC)C(=O)c1ccc(F)cc1C(F)(F)F. The van der Waals surface area contributed by atoms with Gasteiger partial charge < -0.3 is 9.47 Å².